The number of carbonyl (C=O) groups is 1. The summed E-state index contributed by atoms with van der Waals surface area (Å²) in [5, 5.41) is 6.51. The zero-order valence-corrected chi connectivity index (χ0v) is 11.2. The number of hydrogen-bond donors (Lipinski definition) is 2. The summed E-state index contributed by atoms with van der Waals surface area (Å²) >= 11 is 5.19. The van der Waals surface area contributed by atoms with Crippen molar-refractivity contribution in [2.45, 2.75) is 32.4 Å². The predicted octanol–water partition coefficient (Wildman–Crippen LogP) is 1.99. The third kappa shape index (κ3) is 2.98. The highest BCUT2D eigenvalue weighted by Gasteiger charge is 2.32. The lowest BCUT2D eigenvalue weighted by Gasteiger charge is -2.14. The minimum atomic E-state index is -0.344. The van der Waals surface area contributed by atoms with Gasteiger partial charge in [0.05, 0.1) is 0 Å². The van der Waals surface area contributed by atoms with Crippen molar-refractivity contribution in [1.82, 2.24) is 5.32 Å². The molecule has 1 saturated heterocycles. The van der Waals surface area contributed by atoms with E-state index in [2.05, 4.69) is 10.6 Å². The number of benzene rings is 1. The number of para-hydroxylation sites is 1. The average Bonchev–Trinajstić information content (AvgIpc) is 2.61. The number of hydrogen-bond acceptors (Lipinski definition) is 3. The first-order valence-electron chi connectivity index (χ1n) is 5.90. The number of ether oxygens (including phenoxy) is 1. The Morgan fingerprint density at radius 3 is 2.78 bits per heavy atom. The van der Waals surface area contributed by atoms with Crippen molar-refractivity contribution in [3.63, 3.8) is 0 Å². The first-order valence-corrected chi connectivity index (χ1v) is 6.30. The lowest BCUT2D eigenvalue weighted by Crippen LogP contribution is -2.40. The number of thiocarbonyl (C=S) groups is 1. The molecule has 2 rings (SSSR count). The zero-order valence-electron chi connectivity index (χ0n) is 10.4. The van der Waals surface area contributed by atoms with Gasteiger partial charge in [0.25, 0.3) is 0 Å². The van der Waals surface area contributed by atoms with E-state index in [0.29, 0.717) is 11.5 Å². The molecule has 2 N–H and O–H groups in total. The van der Waals surface area contributed by atoms with Crippen molar-refractivity contribution in [2.75, 3.05) is 5.32 Å². The molecule has 0 unspecified atom stereocenters. The molecule has 0 amide bonds. The van der Waals surface area contributed by atoms with E-state index in [1.165, 1.54) is 0 Å². The molecule has 18 heavy (non-hydrogen) atoms. The lowest BCUT2D eigenvalue weighted by atomic mass is 10.2. The molecule has 1 aromatic rings. The smallest absolute Gasteiger partial charge is 0.329 e. The summed E-state index contributed by atoms with van der Waals surface area (Å²) in [4.78, 5) is 11.5. The Morgan fingerprint density at radius 2 is 2.17 bits per heavy atom. The SMILES string of the molecule is Cc1ccccc1NC(=S)N[C@@H]1C[C@H](C)OC1=O. The molecular weight excluding hydrogens is 248 g/mol. The van der Waals surface area contributed by atoms with Crippen molar-refractivity contribution in [3.05, 3.63) is 29.8 Å². The molecule has 1 fully saturated rings. The van der Waals surface area contributed by atoms with E-state index in [9.17, 15) is 4.79 Å². The van der Waals surface area contributed by atoms with E-state index in [4.69, 9.17) is 17.0 Å². The topological polar surface area (TPSA) is 50.4 Å². The van der Waals surface area contributed by atoms with Crippen LogP contribution in [0.4, 0.5) is 5.69 Å². The van der Waals surface area contributed by atoms with Crippen molar-refractivity contribution < 1.29 is 9.53 Å². The van der Waals surface area contributed by atoms with Crippen molar-refractivity contribution in [1.29, 1.82) is 0 Å². The lowest BCUT2D eigenvalue weighted by molar-refractivity contribution is -0.142. The van der Waals surface area contributed by atoms with Crippen LogP contribution in [0.2, 0.25) is 0 Å². The van der Waals surface area contributed by atoms with Gasteiger partial charge in [-0.05, 0) is 37.7 Å². The van der Waals surface area contributed by atoms with Crippen LogP contribution in [0.15, 0.2) is 24.3 Å². The zero-order chi connectivity index (χ0) is 13.1. The fourth-order valence-corrected chi connectivity index (χ4v) is 2.16. The summed E-state index contributed by atoms with van der Waals surface area (Å²) in [7, 11) is 0. The van der Waals surface area contributed by atoms with Gasteiger partial charge in [0, 0.05) is 12.1 Å². The maximum Gasteiger partial charge on any atom is 0.329 e. The Bertz CT molecular complexity index is 476. The highest BCUT2D eigenvalue weighted by molar-refractivity contribution is 7.80. The number of rotatable bonds is 2. The minimum absolute atomic E-state index is 0.0451. The van der Waals surface area contributed by atoms with Gasteiger partial charge in [0.2, 0.25) is 0 Å². The second kappa shape index (κ2) is 5.35. The van der Waals surface area contributed by atoms with Gasteiger partial charge < -0.3 is 15.4 Å². The van der Waals surface area contributed by atoms with Crippen LogP contribution in [0.25, 0.3) is 0 Å². The summed E-state index contributed by atoms with van der Waals surface area (Å²) in [6, 6.07) is 7.50. The summed E-state index contributed by atoms with van der Waals surface area (Å²) in [5.74, 6) is -0.239. The Morgan fingerprint density at radius 1 is 1.44 bits per heavy atom. The summed E-state index contributed by atoms with van der Waals surface area (Å²) in [6.45, 7) is 3.87. The molecule has 1 heterocycles. The van der Waals surface area contributed by atoms with Crippen molar-refractivity contribution >= 4 is 29.0 Å². The molecule has 1 aliphatic rings. The minimum Gasteiger partial charge on any atom is -0.461 e. The molecule has 0 saturated carbocycles. The van der Waals surface area contributed by atoms with Crippen LogP contribution in [-0.2, 0) is 9.53 Å². The van der Waals surface area contributed by atoms with Gasteiger partial charge in [-0.1, -0.05) is 18.2 Å². The quantitative estimate of drug-likeness (QED) is 0.632. The van der Waals surface area contributed by atoms with E-state index >= 15 is 0 Å². The molecule has 96 valence electrons. The Balaban J connectivity index is 1.94. The maximum absolute atomic E-state index is 11.5. The first-order chi connectivity index (χ1) is 8.56. The highest BCUT2D eigenvalue weighted by atomic mass is 32.1. The summed E-state index contributed by atoms with van der Waals surface area (Å²) in [5.41, 5.74) is 2.04. The standard InChI is InChI=1S/C13H16N2O2S/c1-8-5-3-4-6-10(8)14-13(18)15-11-7-9(2)17-12(11)16/h3-6,9,11H,7H2,1-2H3,(H2,14,15,18)/t9-,11+/m0/s1. The van der Waals surface area contributed by atoms with Crippen LogP contribution in [-0.4, -0.2) is 23.2 Å². The number of nitrogens with one attached hydrogen (secondary N) is 2. The van der Waals surface area contributed by atoms with Crippen LogP contribution in [0, 0.1) is 6.92 Å². The van der Waals surface area contributed by atoms with E-state index in [-0.39, 0.29) is 18.1 Å². The molecule has 0 aromatic heterocycles. The van der Waals surface area contributed by atoms with Gasteiger partial charge in [-0.15, -0.1) is 0 Å². The fraction of sp³-hybridized carbons (Fsp3) is 0.385. The molecule has 0 radical (unpaired) electrons. The molecule has 0 aliphatic carbocycles. The van der Waals surface area contributed by atoms with Crippen LogP contribution in [0.3, 0.4) is 0 Å². The fourth-order valence-electron chi connectivity index (χ4n) is 1.90. The van der Waals surface area contributed by atoms with Crippen molar-refractivity contribution in [2.24, 2.45) is 0 Å². The number of esters is 1. The number of anilines is 1. The van der Waals surface area contributed by atoms with E-state index in [1.54, 1.807) is 0 Å². The predicted molar refractivity (Wildman–Crippen MR) is 74.5 cm³/mol. The van der Waals surface area contributed by atoms with Gasteiger partial charge >= 0.3 is 5.97 Å². The molecule has 4 nitrogen and oxygen atoms in total. The van der Waals surface area contributed by atoms with E-state index in [1.807, 2.05) is 38.1 Å². The monoisotopic (exact) mass is 264 g/mol. The normalized spacial score (nSPS) is 22.4. The summed E-state index contributed by atoms with van der Waals surface area (Å²) < 4.78 is 5.06. The number of carbonyl (C=O) groups excluding carboxylic acids is 1. The van der Waals surface area contributed by atoms with Crippen LogP contribution in [0.5, 0.6) is 0 Å². The molecule has 1 aliphatic heterocycles. The Labute approximate surface area is 112 Å². The van der Waals surface area contributed by atoms with Gasteiger partial charge in [0.15, 0.2) is 5.11 Å². The number of cyclic esters (lactones) is 1. The average molecular weight is 264 g/mol. The highest BCUT2D eigenvalue weighted by Crippen LogP contribution is 2.16. The maximum atomic E-state index is 11.5. The van der Waals surface area contributed by atoms with Crippen molar-refractivity contribution in [3.8, 4) is 0 Å². The van der Waals surface area contributed by atoms with E-state index in [0.717, 1.165) is 11.3 Å². The van der Waals surface area contributed by atoms with Crippen LogP contribution < -0.4 is 10.6 Å². The first kappa shape index (κ1) is 12.8. The second-order valence-corrected chi connectivity index (χ2v) is 4.86. The van der Waals surface area contributed by atoms with Gasteiger partial charge in [0.1, 0.15) is 12.1 Å². The Hall–Kier alpha value is -1.62. The molecule has 0 bridgehead atoms. The third-order valence-corrected chi connectivity index (χ3v) is 3.09. The van der Waals surface area contributed by atoms with Gasteiger partial charge in [-0.2, -0.15) is 0 Å². The van der Waals surface area contributed by atoms with Crippen LogP contribution in [0.1, 0.15) is 18.9 Å². The number of aryl methyl sites for hydroxylation is 1. The molecule has 1 aromatic carbocycles. The molecular formula is C13H16N2O2S. The molecule has 5 heteroatoms. The van der Waals surface area contributed by atoms with E-state index < -0.39 is 0 Å². The molecule has 0 spiro atoms. The summed E-state index contributed by atoms with van der Waals surface area (Å²) in [6.07, 6.45) is 0.602. The van der Waals surface area contributed by atoms with Gasteiger partial charge in [-0.25, -0.2) is 4.79 Å². The Kier molecular flexibility index (Phi) is 3.81. The molecule has 2 atom stereocenters. The van der Waals surface area contributed by atoms with Gasteiger partial charge in [-0.3, -0.25) is 0 Å². The largest absolute Gasteiger partial charge is 0.461 e. The third-order valence-electron chi connectivity index (χ3n) is 2.87. The second-order valence-electron chi connectivity index (χ2n) is 4.45. The van der Waals surface area contributed by atoms with Crippen LogP contribution >= 0.6 is 12.2 Å².